The number of nitrogens with two attached hydrogens (primary N) is 1. The van der Waals surface area contributed by atoms with E-state index in [1.165, 1.54) is 0 Å². The van der Waals surface area contributed by atoms with Gasteiger partial charge in [-0.15, -0.1) is 0 Å². The van der Waals surface area contributed by atoms with Crippen molar-refractivity contribution in [3.05, 3.63) is 0 Å². The minimum atomic E-state index is -0.941. The van der Waals surface area contributed by atoms with Crippen molar-refractivity contribution >= 4 is 11.9 Å². The molecule has 0 bridgehead atoms. The Balaban J connectivity index is 3.22. The molecule has 0 aliphatic rings. The van der Waals surface area contributed by atoms with E-state index in [9.17, 15) is 9.59 Å². The van der Waals surface area contributed by atoms with E-state index in [4.69, 9.17) is 10.8 Å². The van der Waals surface area contributed by atoms with E-state index in [2.05, 4.69) is 5.32 Å². The Morgan fingerprint density at radius 3 is 2.43 bits per heavy atom. The summed E-state index contributed by atoms with van der Waals surface area (Å²) in [6, 6.07) is 0. The molecule has 0 unspecified atom stereocenters. The molecule has 82 valence electrons. The highest BCUT2D eigenvalue weighted by Gasteiger charge is 2.03. The summed E-state index contributed by atoms with van der Waals surface area (Å²) in [7, 11) is 0. The van der Waals surface area contributed by atoms with Crippen molar-refractivity contribution in [2.24, 2.45) is 5.73 Å². The normalized spacial score (nSPS) is 9.79. The molecule has 0 aliphatic carbocycles. The number of carboxylic acids is 1. The van der Waals surface area contributed by atoms with Gasteiger partial charge in [0.2, 0.25) is 5.91 Å². The number of nitrogens with one attached hydrogen (secondary N) is 1. The van der Waals surface area contributed by atoms with Gasteiger partial charge < -0.3 is 16.2 Å². The predicted octanol–water partition coefficient (Wildman–Crippen LogP) is 0.0964. The summed E-state index contributed by atoms with van der Waals surface area (Å²) in [6.45, 7) is 1.28. The Hall–Kier alpha value is -1.10. The lowest BCUT2D eigenvalue weighted by Gasteiger charge is -2.03. The lowest BCUT2D eigenvalue weighted by atomic mass is 10.2. The molecule has 0 heterocycles. The minimum absolute atomic E-state index is 0.0617. The first-order valence-electron chi connectivity index (χ1n) is 4.85. The number of aliphatic carboxylic acids is 1. The van der Waals surface area contributed by atoms with Crippen LogP contribution in [-0.4, -0.2) is 30.1 Å². The first kappa shape index (κ1) is 12.9. The quantitative estimate of drug-likeness (QED) is 0.486. The zero-order valence-electron chi connectivity index (χ0n) is 8.29. The van der Waals surface area contributed by atoms with Gasteiger partial charge in [0.25, 0.3) is 0 Å². The molecule has 4 N–H and O–H groups in total. The van der Waals surface area contributed by atoms with E-state index in [0.717, 1.165) is 19.3 Å². The molecule has 5 nitrogen and oxygen atoms in total. The fraction of sp³-hybridized carbons (Fsp3) is 0.778. The smallest absolute Gasteiger partial charge is 0.303 e. The lowest BCUT2D eigenvalue weighted by molar-refractivity contribution is -0.138. The SMILES string of the molecule is NCCCCCNC(=O)CCC(=O)O. The van der Waals surface area contributed by atoms with Crippen molar-refractivity contribution in [2.45, 2.75) is 32.1 Å². The van der Waals surface area contributed by atoms with E-state index < -0.39 is 5.97 Å². The monoisotopic (exact) mass is 202 g/mol. The van der Waals surface area contributed by atoms with Gasteiger partial charge in [0.05, 0.1) is 6.42 Å². The van der Waals surface area contributed by atoms with Gasteiger partial charge in [-0.05, 0) is 19.4 Å². The second kappa shape index (κ2) is 8.50. The molecule has 0 aromatic rings. The van der Waals surface area contributed by atoms with Crippen LogP contribution in [0.3, 0.4) is 0 Å². The van der Waals surface area contributed by atoms with Gasteiger partial charge in [-0.3, -0.25) is 9.59 Å². The summed E-state index contributed by atoms with van der Waals surface area (Å²) in [6.07, 6.45) is 2.82. The number of rotatable bonds is 8. The molecule has 0 aromatic heterocycles. The Labute approximate surface area is 83.7 Å². The van der Waals surface area contributed by atoms with Crippen LogP contribution in [0.15, 0.2) is 0 Å². The summed E-state index contributed by atoms with van der Waals surface area (Å²) >= 11 is 0. The average molecular weight is 202 g/mol. The zero-order valence-corrected chi connectivity index (χ0v) is 8.29. The summed E-state index contributed by atoms with van der Waals surface area (Å²) in [5, 5.41) is 11.0. The third kappa shape index (κ3) is 8.99. The summed E-state index contributed by atoms with van der Waals surface area (Å²) in [4.78, 5) is 21.1. The largest absolute Gasteiger partial charge is 0.481 e. The minimum Gasteiger partial charge on any atom is -0.481 e. The van der Waals surface area contributed by atoms with Crippen molar-refractivity contribution in [1.82, 2.24) is 5.32 Å². The third-order valence-corrected chi connectivity index (χ3v) is 1.77. The van der Waals surface area contributed by atoms with Crippen LogP contribution in [0.1, 0.15) is 32.1 Å². The van der Waals surface area contributed by atoms with Gasteiger partial charge in [0.15, 0.2) is 0 Å². The van der Waals surface area contributed by atoms with Crippen LogP contribution in [0.25, 0.3) is 0 Å². The Morgan fingerprint density at radius 1 is 1.14 bits per heavy atom. The highest BCUT2D eigenvalue weighted by atomic mass is 16.4. The fourth-order valence-corrected chi connectivity index (χ4v) is 0.983. The van der Waals surface area contributed by atoms with E-state index in [1.807, 2.05) is 0 Å². The number of carbonyl (C=O) groups excluding carboxylic acids is 1. The molecule has 0 rings (SSSR count). The number of carboxylic acid groups (broad SMARTS) is 1. The molecule has 0 aliphatic heterocycles. The molecule has 0 spiro atoms. The Kier molecular flexibility index (Phi) is 7.83. The number of amides is 1. The average Bonchev–Trinajstić information content (AvgIpc) is 2.14. The number of hydrogen-bond donors (Lipinski definition) is 3. The molecule has 0 fully saturated rings. The number of carbonyl (C=O) groups is 2. The van der Waals surface area contributed by atoms with Crippen molar-refractivity contribution in [3.8, 4) is 0 Å². The maximum Gasteiger partial charge on any atom is 0.303 e. The molecule has 1 amide bonds. The molecule has 0 atom stereocenters. The maximum absolute atomic E-state index is 11.0. The van der Waals surface area contributed by atoms with Gasteiger partial charge in [0, 0.05) is 13.0 Å². The summed E-state index contributed by atoms with van der Waals surface area (Å²) < 4.78 is 0. The molecule has 0 saturated carbocycles. The van der Waals surface area contributed by atoms with E-state index in [-0.39, 0.29) is 18.7 Å². The zero-order chi connectivity index (χ0) is 10.8. The van der Waals surface area contributed by atoms with Gasteiger partial charge in [-0.2, -0.15) is 0 Å². The number of unbranched alkanes of at least 4 members (excludes halogenated alkanes) is 2. The van der Waals surface area contributed by atoms with Gasteiger partial charge in [-0.25, -0.2) is 0 Å². The molecule has 5 heteroatoms. The highest BCUT2D eigenvalue weighted by Crippen LogP contribution is 1.92. The predicted molar refractivity (Wildman–Crippen MR) is 52.8 cm³/mol. The summed E-state index contributed by atoms with van der Waals surface area (Å²) in [5.74, 6) is -1.14. The number of hydrogen-bond acceptors (Lipinski definition) is 3. The molecular formula is C9H18N2O3. The van der Waals surface area contributed by atoms with Crippen LogP contribution in [0, 0.1) is 0 Å². The Bertz CT molecular complexity index is 183. The van der Waals surface area contributed by atoms with Crippen LogP contribution in [-0.2, 0) is 9.59 Å². The van der Waals surface area contributed by atoms with Crippen molar-refractivity contribution in [3.63, 3.8) is 0 Å². The standard InChI is InChI=1S/C9H18N2O3/c10-6-2-1-3-7-11-8(12)4-5-9(13)14/h1-7,10H2,(H,11,12)(H,13,14). The fourth-order valence-electron chi connectivity index (χ4n) is 0.983. The van der Waals surface area contributed by atoms with Crippen molar-refractivity contribution in [1.29, 1.82) is 0 Å². The first-order chi connectivity index (χ1) is 6.66. The van der Waals surface area contributed by atoms with Crippen LogP contribution in [0.4, 0.5) is 0 Å². The van der Waals surface area contributed by atoms with Crippen molar-refractivity contribution < 1.29 is 14.7 Å². The van der Waals surface area contributed by atoms with Crippen LogP contribution < -0.4 is 11.1 Å². The first-order valence-corrected chi connectivity index (χ1v) is 4.85. The van der Waals surface area contributed by atoms with Crippen molar-refractivity contribution in [2.75, 3.05) is 13.1 Å². The molecular weight excluding hydrogens is 184 g/mol. The summed E-state index contributed by atoms with van der Waals surface area (Å²) in [5.41, 5.74) is 5.30. The second-order valence-electron chi connectivity index (χ2n) is 3.09. The molecule has 0 radical (unpaired) electrons. The Morgan fingerprint density at radius 2 is 1.86 bits per heavy atom. The van der Waals surface area contributed by atoms with Gasteiger partial charge >= 0.3 is 5.97 Å². The second-order valence-corrected chi connectivity index (χ2v) is 3.09. The lowest BCUT2D eigenvalue weighted by Crippen LogP contribution is -2.24. The van der Waals surface area contributed by atoms with E-state index in [1.54, 1.807) is 0 Å². The highest BCUT2D eigenvalue weighted by molar-refractivity contribution is 5.80. The van der Waals surface area contributed by atoms with E-state index in [0.29, 0.717) is 13.1 Å². The third-order valence-electron chi connectivity index (χ3n) is 1.77. The molecule has 14 heavy (non-hydrogen) atoms. The van der Waals surface area contributed by atoms with Gasteiger partial charge in [0.1, 0.15) is 0 Å². The van der Waals surface area contributed by atoms with Crippen LogP contribution in [0.5, 0.6) is 0 Å². The van der Waals surface area contributed by atoms with Crippen LogP contribution in [0.2, 0.25) is 0 Å². The molecule has 0 aromatic carbocycles. The molecule has 0 saturated heterocycles. The topological polar surface area (TPSA) is 92.4 Å². The van der Waals surface area contributed by atoms with Crippen LogP contribution >= 0.6 is 0 Å². The van der Waals surface area contributed by atoms with Gasteiger partial charge in [-0.1, -0.05) is 6.42 Å². The maximum atomic E-state index is 11.0. The van der Waals surface area contributed by atoms with E-state index >= 15 is 0 Å².